The van der Waals surface area contributed by atoms with Crippen LogP contribution in [0.2, 0.25) is 0 Å². The summed E-state index contributed by atoms with van der Waals surface area (Å²) in [6.07, 6.45) is -5.17. The van der Waals surface area contributed by atoms with Crippen molar-refractivity contribution >= 4 is 21.9 Å². The third-order valence-electron chi connectivity index (χ3n) is 2.57. The van der Waals surface area contributed by atoms with Crippen molar-refractivity contribution in [1.82, 2.24) is 0 Å². The van der Waals surface area contributed by atoms with Gasteiger partial charge in [0.1, 0.15) is 0 Å². The fourth-order valence-corrected chi connectivity index (χ4v) is 1.83. The first-order chi connectivity index (χ1) is 8.64. The molecule has 0 saturated heterocycles. The molecule has 0 aromatic heterocycles. The Hall–Kier alpha value is -1.08. The van der Waals surface area contributed by atoms with E-state index in [4.69, 9.17) is 0 Å². The highest BCUT2D eigenvalue weighted by Crippen LogP contribution is 2.41. The van der Waals surface area contributed by atoms with E-state index < -0.39 is 23.3 Å². The van der Waals surface area contributed by atoms with Crippen LogP contribution in [0.1, 0.15) is 18.1 Å². The lowest BCUT2D eigenvalue weighted by atomic mass is 9.92. The maximum atomic E-state index is 13.0. The van der Waals surface area contributed by atoms with Crippen molar-refractivity contribution in [3.05, 3.63) is 33.8 Å². The van der Waals surface area contributed by atoms with E-state index in [1.54, 1.807) is 6.92 Å². The molecule has 0 saturated carbocycles. The Labute approximate surface area is 116 Å². The minimum atomic E-state index is -5.17. The van der Waals surface area contributed by atoms with Gasteiger partial charge in [-0.2, -0.15) is 13.2 Å². The van der Waals surface area contributed by atoms with Gasteiger partial charge in [0, 0.05) is 10.0 Å². The highest BCUT2D eigenvalue weighted by molar-refractivity contribution is 9.10. The highest BCUT2D eigenvalue weighted by atomic mass is 79.9. The number of carbonyl (C=O) groups excluding carboxylic acids is 1. The van der Waals surface area contributed by atoms with Crippen molar-refractivity contribution in [3.63, 3.8) is 0 Å². The van der Waals surface area contributed by atoms with E-state index in [1.807, 2.05) is 0 Å². The number of aryl methyl sites for hydroxylation is 1. The monoisotopic (exact) mass is 340 g/mol. The predicted molar refractivity (Wildman–Crippen MR) is 65.5 cm³/mol. The second-order valence-corrected chi connectivity index (χ2v) is 4.75. The number of benzene rings is 1. The van der Waals surface area contributed by atoms with Gasteiger partial charge in [-0.25, -0.2) is 4.79 Å². The molecule has 0 radical (unpaired) electrons. The second kappa shape index (κ2) is 5.50. The molecule has 0 aliphatic rings. The van der Waals surface area contributed by atoms with E-state index >= 15 is 0 Å². The Balaban J connectivity index is 3.39. The third-order valence-corrected chi connectivity index (χ3v) is 3.43. The first kappa shape index (κ1) is 16.0. The molecule has 0 aliphatic carbocycles. The van der Waals surface area contributed by atoms with Crippen molar-refractivity contribution in [2.24, 2.45) is 0 Å². The van der Waals surface area contributed by atoms with E-state index in [9.17, 15) is 23.1 Å². The van der Waals surface area contributed by atoms with Gasteiger partial charge in [-0.3, -0.25) is 0 Å². The normalized spacial score (nSPS) is 14.9. The van der Waals surface area contributed by atoms with Gasteiger partial charge in [0.15, 0.2) is 0 Å². The van der Waals surface area contributed by atoms with Gasteiger partial charge in [-0.15, -0.1) is 0 Å². The van der Waals surface area contributed by atoms with E-state index in [1.165, 1.54) is 13.0 Å². The van der Waals surface area contributed by atoms with Crippen LogP contribution in [0.15, 0.2) is 22.7 Å². The van der Waals surface area contributed by atoms with Gasteiger partial charge in [0.05, 0.1) is 6.61 Å². The molecule has 3 nitrogen and oxygen atoms in total. The first-order valence-corrected chi connectivity index (χ1v) is 6.16. The summed E-state index contributed by atoms with van der Waals surface area (Å²) in [5.41, 5.74) is -3.58. The van der Waals surface area contributed by atoms with Gasteiger partial charge >= 0.3 is 12.1 Å². The zero-order valence-electron chi connectivity index (χ0n) is 10.2. The lowest BCUT2D eigenvalue weighted by Crippen LogP contribution is -2.50. The molecule has 1 atom stereocenters. The summed E-state index contributed by atoms with van der Waals surface area (Å²) in [6, 6.07) is 3.47. The number of hydrogen-bond donors (Lipinski definition) is 1. The molecule has 19 heavy (non-hydrogen) atoms. The standard InChI is InChI=1S/C12H12BrF3O3/c1-3-19-10(17)11(18,12(14,15)16)8-5-4-7(2)9(13)6-8/h4-6,18H,3H2,1-2H3. The minimum absolute atomic E-state index is 0.260. The number of rotatable bonds is 3. The highest BCUT2D eigenvalue weighted by Gasteiger charge is 2.62. The first-order valence-electron chi connectivity index (χ1n) is 5.37. The van der Waals surface area contributed by atoms with Crippen LogP contribution in [0, 0.1) is 6.92 Å². The minimum Gasteiger partial charge on any atom is -0.463 e. The Kier molecular flexibility index (Phi) is 4.63. The molecule has 0 spiro atoms. The lowest BCUT2D eigenvalue weighted by molar-refractivity contribution is -0.267. The molecule has 1 aromatic carbocycles. The zero-order valence-corrected chi connectivity index (χ0v) is 11.8. The molecule has 1 aromatic rings. The Morgan fingerprint density at radius 3 is 2.42 bits per heavy atom. The molecule has 0 heterocycles. The van der Waals surface area contributed by atoms with Crippen LogP contribution in [-0.4, -0.2) is 23.9 Å². The van der Waals surface area contributed by atoms with Gasteiger partial charge in [0.25, 0.3) is 5.60 Å². The maximum Gasteiger partial charge on any atom is 0.432 e. The average Bonchev–Trinajstić information content (AvgIpc) is 2.30. The molecule has 106 valence electrons. The lowest BCUT2D eigenvalue weighted by Gasteiger charge is -2.28. The number of alkyl halides is 3. The predicted octanol–water partition coefficient (Wildman–Crippen LogP) is 3.07. The van der Waals surface area contributed by atoms with Gasteiger partial charge in [-0.1, -0.05) is 28.1 Å². The maximum absolute atomic E-state index is 13.0. The summed E-state index contributed by atoms with van der Waals surface area (Å²) >= 11 is 3.06. The molecular weight excluding hydrogens is 329 g/mol. The van der Waals surface area contributed by atoms with Crippen LogP contribution < -0.4 is 0 Å². The smallest absolute Gasteiger partial charge is 0.432 e. The largest absolute Gasteiger partial charge is 0.463 e. The van der Waals surface area contributed by atoms with Gasteiger partial charge in [-0.05, 0) is 25.5 Å². The molecule has 1 rings (SSSR count). The molecular formula is C12H12BrF3O3. The van der Waals surface area contributed by atoms with E-state index in [0.717, 1.165) is 12.1 Å². The molecule has 0 aliphatic heterocycles. The van der Waals surface area contributed by atoms with Gasteiger partial charge < -0.3 is 9.84 Å². The van der Waals surface area contributed by atoms with E-state index in [0.29, 0.717) is 10.0 Å². The number of carbonyl (C=O) groups is 1. The number of aliphatic hydroxyl groups is 1. The molecule has 0 bridgehead atoms. The third kappa shape index (κ3) is 2.92. The summed E-state index contributed by atoms with van der Waals surface area (Å²) in [6.45, 7) is 2.77. The number of hydrogen-bond acceptors (Lipinski definition) is 3. The van der Waals surface area contributed by atoms with Crippen LogP contribution in [0.25, 0.3) is 0 Å². The number of esters is 1. The summed E-state index contributed by atoms with van der Waals surface area (Å²) in [4.78, 5) is 11.5. The molecule has 0 amide bonds. The van der Waals surface area contributed by atoms with Crippen LogP contribution in [-0.2, 0) is 15.1 Å². The number of halogens is 4. The average molecular weight is 341 g/mol. The Bertz CT molecular complexity index is 488. The van der Waals surface area contributed by atoms with Crippen LogP contribution >= 0.6 is 15.9 Å². The molecule has 0 fully saturated rings. The topological polar surface area (TPSA) is 46.5 Å². The fraction of sp³-hybridized carbons (Fsp3) is 0.417. The van der Waals surface area contributed by atoms with Crippen molar-refractivity contribution in [1.29, 1.82) is 0 Å². The van der Waals surface area contributed by atoms with Crippen LogP contribution in [0.4, 0.5) is 13.2 Å². The van der Waals surface area contributed by atoms with Crippen molar-refractivity contribution in [3.8, 4) is 0 Å². The Morgan fingerprint density at radius 2 is 2.00 bits per heavy atom. The molecule has 1 unspecified atom stereocenters. The zero-order chi connectivity index (χ0) is 14.8. The summed E-state index contributed by atoms with van der Waals surface area (Å²) in [7, 11) is 0. The van der Waals surface area contributed by atoms with Crippen molar-refractivity contribution in [2.45, 2.75) is 25.6 Å². The summed E-state index contributed by atoms with van der Waals surface area (Å²) in [5.74, 6) is -1.74. The van der Waals surface area contributed by atoms with E-state index in [-0.39, 0.29) is 6.61 Å². The molecule has 7 heteroatoms. The van der Waals surface area contributed by atoms with Crippen LogP contribution in [0.3, 0.4) is 0 Å². The van der Waals surface area contributed by atoms with Gasteiger partial charge in [0.2, 0.25) is 0 Å². The van der Waals surface area contributed by atoms with Crippen molar-refractivity contribution in [2.75, 3.05) is 6.61 Å². The number of ether oxygens (including phenoxy) is 1. The molecule has 1 N–H and O–H groups in total. The second-order valence-electron chi connectivity index (χ2n) is 3.89. The quantitative estimate of drug-likeness (QED) is 0.860. The summed E-state index contributed by atoms with van der Waals surface area (Å²) in [5, 5.41) is 9.81. The van der Waals surface area contributed by atoms with E-state index in [2.05, 4.69) is 20.7 Å². The SMILES string of the molecule is CCOC(=O)C(O)(c1ccc(C)c(Br)c1)C(F)(F)F. The fourth-order valence-electron chi connectivity index (χ4n) is 1.45. The van der Waals surface area contributed by atoms with Crippen molar-refractivity contribution < 1.29 is 27.8 Å². The Morgan fingerprint density at radius 1 is 1.42 bits per heavy atom. The van der Waals surface area contributed by atoms with Crippen LogP contribution in [0.5, 0.6) is 0 Å². The summed E-state index contributed by atoms with van der Waals surface area (Å²) < 4.78 is 43.8.